The normalized spacial score (nSPS) is 17.3. The Morgan fingerprint density at radius 3 is 2.42 bits per heavy atom. The molecule has 0 bridgehead atoms. The summed E-state index contributed by atoms with van der Waals surface area (Å²) < 4.78 is 0. The van der Waals surface area contributed by atoms with Crippen LogP contribution in [0.15, 0.2) is 0 Å². The van der Waals surface area contributed by atoms with Crippen molar-refractivity contribution in [3.63, 3.8) is 0 Å². The fraction of sp³-hybridized carbons (Fsp3) is 0.750. The molecule has 0 aliphatic heterocycles. The largest absolute Gasteiger partial charge is 0.480 e. The summed E-state index contributed by atoms with van der Waals surface area (Å²) in [6.45, 7) is 2.63. The maximum atomic E-state index is 11.6. The second-order valence-electron chi connectivity index (χ2n) is 5.14. The molecule has 0 aromatic rings. The maximum absolute atomic E-state index is 11.6. The Balaban J connectivity index is 2.36. The fourth-order valence-electron chi connectivity index (χ4n) is 2.10. The van der Waals surface area contributed by atoms with Gasteiger partial charge in [-0.25, -0.2) is 9.59 Å². The molecule has 1 atom stereocenters. The number of rotatable bonds is 8. The van der Waals surface area contributed by atoms with Gasteiger partial charge in [-0.1, -0.05) is 13.3 Å². The third-order valence-electron chi connectivity index (χ3n) is 3.37. The van der Waals surface area contributed by atoms with Gasteiger partial charge in [-0.2, -0.15) is 0 Å². The Kier molecular flexibility index (Phi) is 5.14. The van der Waals surface area contributed by atoms with Crippen LogP contribution in [0.3, 0.4) is 0 Å². The smallest absolute Gasteiger partial charge is 0.326 e. The fourth-order valence-corrected chi connectivity index (χ4v) is 2.10. The van der Waals surface area contributed by atoms with E-state index in [0.717, 1.165) is 25.7 Å². The van der Waals surface area contributed by atoms with Crippen LogP contribution in [0.5, 0.6) is 0 Å². The number of aliphatic carboxylic acids is 1. The van der Waals surface area contributed by atoms with E-state index < -0.39 is 30.4 Å². The van der Waals surface area contributed by atoms with Crippen molar-refractivity contribution in [1.29, 1.82) is 0 Å². The Labute approximate surface area is 111 Å². The highest BCUT2D eigenvalue weighted by Crippen LogP contribution is 2.48. The number of hydrogen-bond acceptors (Lipinski definition) is 3. The first kappa shape index (κ1) is 15.3. The lowest BCUT2D eigenvalue weighted by molar-refractivity contribution is -0.140. The first-order valence-electron chi connectivity index (χ1n) is 6.44. The molecule has 0 heterocycles. The summed E-state index contributed by atoms with van der Waals surface area (Å²) in [5.41, 5.74) is 5.11. The molecular formula is C12H21N3O4. The number of nitrogens with two attached hydrogens (primary N) is 1. The predicted octanol–water partition coefficient (Wildman–Crippen LogP) is 0.195. The molecule has 1 rings (SSSR count). The van der Waals surface area contributed by atoms with Gasteiger partial charge < -0.3 is 21.5 Å². The van der Waals surface area contributed by atoms with Gasteiger partial charge in [0, 0.05) is 6.54 Å². The first-order chi connectivity index (χ1) is 8.88. The van der Waals surface area contributed by atoms with Crippen molar-refractivity contribution in [3.05, 3.63) is 0 Å². The van der Waals surface area contributed by atoms with Gasteiger partial charge in [0.2, 0.25) is 5.91 Å². The summed E-state index contributed by atoms with van der Waals surface area (Å²) in [6.07, 6.45) is 3.87. The summed E-state index contributed by atoms with van der Waals surface area (Å²) in [7, 11) is 0. The van der Waals surface area contributed by atoms with Crippen LogP contribution in [0.2, 0.25) is 0 Å². The second-order valence-corrected chi connectivity index (χ2v) is 5.14. The third kappa shape index (κ3) is 5.15. The van der Waals surface area contributed by atoms with E-state index in [-0.39, 0.29) is 5.41 Å². The number of amides is 3. The van der Waals surface area contributed by atoms with E-state index in [4.69, 9.17) is 10.8 Å². The average molecular weight is 271 g/mol. The zero-order valence-electron chi connectivity index (χ0n) is 11.1. The van der Waals surface area contributed by atoms with Crippen molar-refractivity contribution < 1.29 is 19.5 Å². The molecule has 3 amide bonds. The number of nitrogens with one attached hydrogen (secondary N) is 2. The minimum atomic E-state index is -1.28. The van der Waals surface area contributed by atoms with Crippen molar-refractivity contribution in [2.75, 3.05) is 6.54 Å². The number of carboxylic acid groups (broad SMARTS) is 1. The summed E-state index contributed by atoms with van der Waals surface area (Å²) in [5, 5.41) is 13.7. The highest BCUT2D eigenvalue weighted by molar-refractivity contribution is 5.87. The Morgan fingerprint density at radius 1 is 1.37 bits per heavy atom. The van der Waals surface area contributed by atoms with E-state index in [1.54, 1.807) is 0 Å². The minimum absolute atomic E-state index is 0.189. The molecule has 1 saturated carbocycles. The standard InChI is InChI=1S/C12H21N3O4/c1-2-3-12(4-5-12)7-14-11(19)15-8(10(17)18)6-9(13)16/h8H,2-7H2,1H3,(H2,13,16)(H,17,18)(H2,14,15,19)/t8-/m1/s1. The summed E-state index contributed by atoms with van der Waals surface area (Å²) >= 11 is 0. The molecule has 0 saturated heterocycles. The van der Waals surface area contributed by atoms with Crippen molar-refractivity contribution in [1.82, 2.24) is 10.6 Å². The number of urea groups is 1. The van der Waals surface area contributed by atoms with Crippen LogP contribution in [0, 0.1) is 5.41 Å². The molecule has 0 radical (unpaired) electrons. The van der Waals surface area contributed by atoms with Crippen LogP contribution in [0.25, 0.3) is 0 Å². The van der Waals surface area contributed by atoms with E-state index in [0.29, 0.717) is 6.54 Å². The molecule has 19 heavy (non-hydrogen) atoms. The summed E-state index contributed by atoms with van der Waals surface area (Å²) in [5.74, 6) is -2.04. The van der Waals surface area contributed by atoms with E-state index in [9.17, 15) is 14.4 Å². The molecule has 5 N–H and O–H groups in total. The number of carbonyl (C=O) groups excluding carboxylic acids is 2. The zero-order valence-corrected chi connectivity index (χ0v) is 11.1. The number of carboxylic acids is 1. The maximum Gasteiger partial charge on any atom is 0.326 e. The monoisotopic (exact) mass is 271 g/mol. The number of hydrogen-bond donors (Lipinski definition) is 4. The molecule has 0 spiro atoms. The van der Waals surface area contributed by atoms with Crippen LogP contribution < -0.4 is 16.4 Å². The van der Waals surface area contributed by atoms with Crippen molar-refractivity contribution in [2.45, 2.75) is 45.1 Å². The lowest BCUT2D eigenvalue weighted by Crippen LogP contribution is -2.48. The lowest BCUT2D eigenvalue weighted by atomic mass is 10.0. The average Bonchev–Trinajstić information content (AvgIpc) is 3.06. The highest BCUT2D eigenvalue weighted by atomic mass is 16.4. The van der Waals surface area contributed by atoms with Gasteiger partial charge in [0.1, 0.15) is 6.04 Å². The molecule has 0 aromatic heterocycles. The van der Waals surface area contributed by atoms with Gasteiger partial charge in [0.05, 0.1) is 6.42 Å². The topological polar surface area (TPSA) is 122 Å². The molecule has 1 aliphatic carbocycles. The van der Waals surface area contributed by atoms with Crippen LogP contribution in [0.1, 0.15) is 39.0 Å². The Bertz CT molecular complexity index is 366. The lowest BCUT2D eigenvalue weighted by Gasteiger charge is -2.17. The van der Waals surface area contributed by atoms with Crippen molar-refractivity contribution >= 4 is 17.9 Å². The van der Waals surface area contributed by atoms with Gasteiger partial charge in [0.25, 0.3) is 0 Å². The summed E-state index contributed by atoms with van der Waals surface area (Å²) in [6, 6.07) is -1.85. The summed E-state index contributed by atoms with van der Waals surface area (Å²) in [4.78, 5) is 33.1. The van der Waals surface area contributed by atoms with E-state index in [1.807, 2.05) is 0 Å². The van der Waals surface area contributed by atoms with Gasteiger partial charge >= 0.3 is 12.0 Å². The van der Waals surface area contributed by atoms with Crippen LogP contribution in [-0.2, 0) is 9.59 Å². The highest BCUT2D eigenvalue weighted by Gasteiger charge is 2.41. The van der Waals surface area contributed by atoms with Crippen molar-refractivity contribution in [2.24, 2.45) is 11.1 Å². The van der Waals surface area contributed by atoms with E-state index >= 15 is 0 Å². The van der Waals surface area contributed by atoms with Crippen LogP contribution >= 0.6 is 0 Å². The molecule has 1 aliphatic rings. The van der Waals surface area contributed by atoms with Crippen molar-refractivity contribution in [3.8, 4) is 0 Å². The second kappa shape index (κ2) is 6.40. The first-order valence-corrected chi connectivity index (χ1v) is 6.44. The predicted molar refractivity (Wildman–Crippen MR) is 68.3 cm³/mol. The molecule has 108 valence electrons. The minimum Gasteiger partial charge on any atom is -0.480 e. The molecule has 7 heteroatoms. The molecular weight excluding hydrogens is 250 g/mol. The molecule has 1 fully saturated rings. The Morgan fingerprint density at radius 2 is 2.00 bits per heavy atom. The van der Waals surface area contributed by atoms with Crippen LogP contribution in [-0.4, -0.2) is 35.6 Å². The number of primary amides is 1. The van der Waals surface area contributed by atoms with Gasteiger partial charge in [-0.3, -0.25) is 4.79 Å². The van der Waals surface area contributed by atoms with E-state index in [1.165, 1.54) is 0 Å². The Hall–Kier alpha value is -1.79. The number of carbonyl (C=O) groups is 3. The third-order valence-corrected chi connectivity index (χ3v) is 3.37. The SMILES string of the molecule is CCCC1(CNC(=O)N[C@H](CC(N)=O)C(=O)O)CC1. The van der Waals surface area contributed by atoms with Gasteiger partial charge in [-0.15, -0.1) is 0 Å². The van der Waals surface area contributed by atoms with Crippen LogP contribution in [0.4, 0.5) is 4.79 Å². The van der Waals surface area contributed by atoms with Gasteiger partial charge in [-0.05, 0) is 24.7 Å². The molecule has 0 aromatic carbocycles. The zero-order chi connectivity index (χ0) is 14.5. The molecule has 7 nitrogen and oxygen atoms in total. The van der Waals surface area contributed by atoms with Gasteiger partial charge in [0.15, 0.2) is 0 Å². The quantitative estimate of drug-likeness (QED) is 0.503. The molecule has 0 unspecified atom stereocenters. The van der Waals surface area contributed by atoms with E-state index in [2.05, 4.69) is 17.6 Å².